The Kier molecular flexibility index (Phi) is 2.11. The maximum Gasteiger partial charge on any atom is 0.114 e. The number of halogens is 1. The van der Waals surface area contributed by atoms with Crippen LogP contribution in [-0.2, 0) is 0 Å². The third-order valence-electron chi connectivity index (χ3n) is 2.46. The fourth-order valence-corrected chi connectivity index (χ4v) is 1.81. The molecular weight excluding hydrogens is 222 g/mol. The van der Waals surface area contributed by atoms with Crippen molar-refractivity contribution in [2.24, 2.45) is 0 Å². The number of rotatable bonds is 1. The van der Waals surface area contributed by atoms with E-state index in [-0.39, 0.29) is 0 Å². The Labute approximate surface area is 97.1 Å². The minimum Gasteiger partial charge on any atom is -0.344 e. The van der Waals surface area contributed by atoms with Crippen molar-refractivity contribution in [2.75, 3.05) is 0 Å². The van der Waals surface area contributed by atoms with Crippen LogP contribution in [0.5, 0.6) is 0 Å². The number of aromatic nitrogens is 3. The first-order valence-electron chi connectivity index (χ1n) is 4.88. The van der Waals surface area contributed by atoms with Gasteiger partial charge in [0.05, 0.1) is 17.5 Å². The smallest absolute Gasteiger partial charge is 0.114 e. The van der Waals surface area contributed by atoms with Gasteiger partial charge in [0, 0.05) is 16.8 Å². The third-order valence-corrected chi connectivity index (χ3v) is 2.71. The van der Waals surface area contributed by atoms with Crippen molar-refractivity contribution in [3.05, 3.63) is 47.9 Å². The van der Waals surface area contributed by atoms with Crippen LogP contribution < -0.4 is 0 Å². The van der Waals surface area contributed by atoms with Gasteiger partial charge < -0.3 is 4.98 Å². The Hall–Kier alpha value is -1.87. The van der Waals surface area contributed by atoms with E-state index in [1.165, 1.54) is 0 Å². The molecule has 2 aromatic heterocycles. The van der Waals surface area contributed by atoms with Crippen molar-refractivity contribution in [3.8, 4) is 11.3 Å². The molecule has 0 aliphatic carbocycles. The van der Waals surface area contributed by atoms with Crippen molar-refractivity contribution < 1.29 is 0 Å². The highest BCUT2D eigenvalue weighted by Crippen LogP contribution is 2.24. The standard InChI is InChI=1S/C12H8ClN3/c13-9-3-1-8(2-4-9)11-12-10(5-6-14-11)15-7-16-12/h1-7H,(H,15,16). The molecule has 4 heteroatoms. The van der Waals surface area contributed by atoms with Crippen molar-refractivity contribution in [1.82, 2.24) is 15.0 Å². The van der Waals surface area contributed by atoms with E-state index in [1.54, 1.807) is 12.5 Å². The molecule has 78 valence electrons. The van der Waals surface area contributed by atoms with E-state index >= 15 is 0 Å². The van der Waals surface area contributed by atoms with E-state index < -0.39 is 0 Å². The average molecular weight is 230 g/mol. The van der Waals surface area contributed by atoms with Crippen LogP contribution >= 0.6 is 11.6 Å². The summed E-state index contributed by atoms with van der Waals surface area (Å²) in [7, 11) is 0. The predicted molar refractivity (Wildman–Crippen MR) is 64.3 cm³/mol. The van der Waals surface area contributed by atoms with E-state index in [9.17, 15) is 0 Å². The molecule has 1 N–H and O–H groups in total. The van der Waals surface area contributed by atoms with Gasteiger partial charge in [0.1, 0.15) is 5.52 Å². The summed E-state index contributed by atoms with van der Waals surface area (Å²) < 4.78 is 0. The quantitative estimate of drug-likeness (QED) is 0.696. The Bertz CT molecular complexity index is 628. The number of aromatic amines is 1. The van der Waals surface area contributed by atoms with E-state index in [2.05, 4.69) is 15.0 Å². The number of pyridine rings is 1. The first-order valence-corrected chi connectivity index (χ1v) is 5.26. The van der Waals surface area contributed by atoms with Crippen molar-refractivity contribution in [1.29, 1.82) is 0 Å². The van der Waals surface area contributed by atoms with Gasteiger partial charge in [0.25, 0.3) is 0 Å². The molecule has 0 aliphatic rings. The van der Waals surface area contributed by atoms with E-state index in [0.29, 0.717) is 0 Å². The molecule has 0 amide bonds. The molecule has 0 bridgehead atoms. The number of nitrogens with zero attached hydrogens (tertiary/aromatic N) is 2. The Morgan fingerprint density at radius 1 is 1.00 bits per heavy atom. The normalized spacial score (nSPS) is 10.8. The molecule has 0 saturated heterocycles. The fraction of sp³-hybridized carbons (Fsp3) is 0. The van der Waals surface area contributed by atoms with Gasteiger partial charge in [-0.2, -0.15) is 0 Å². The summed E-state index contributed by atoms with van der Waals surface area (Å²) in [6.07, 6.45) is 3.44. The zero-order valence-corrected chi connectivity index (χ0v) is 9.07. The minimum atomic E-state index is 0.720. The zero-order chi connectivity index (χ0) is 11.0. The summed E-state index contributed by atoms with van der Waals surface area (Å²) in [5.41, 5.74) is 3.75. The number of nitrogens with one attached hydrogen (secondary N) is 1. The lowest BCUT2D eigenvalue weighted by atomic mass is 10.1. The maximum absolute atomic E-state index is 5.85. The summed E-state index contributed by atoms with van der Waals surface area (Å²) in [6.45, 7) is 0. The van der Waals surface area contributed by atoms with Crippen LogP contribution in [0.4, 0.5) is 0 Å². The van der Waals surface area contributed by atoms with Crippen molar-refractivity contribution in [2.45, 2.75) is 0 Å². The maximum atomic E-state index is 5.85. The Balaban J connectivity index is 2.25. The molecule has 2 heterocycles. The number of hydrogen-bond donors (Lipinski definition) is 1. The highest BCUT2D eigenvalue weighted by Gasteiger charge is 2.06. The highest BCUT2D eigenvalue weighted by atomic mass is 35.5. The second-order valence-electron chi connectivity index (χ2n) is 3.47. The molecule has 0 saturated carbocycles. The van der Waals surface area contributed by atoms with Gasteiger partial charge in [-0.15, -0.1) is 0 Å². The first kappa shape index (κ1) is 9.36. The van der Waals surface area contributed by atoms with Gasteiger partial charge in [-0.1, -0.05) is 23.7 Å². The van der Waals surface area contributed by atoms with Gasteiger partial charge in [-0.3, -0.25) is 4.98 Å². The number of fused-ring (bicyclic) bond motifs is 1. The highest BCUT2D eigenvalue weighted by molar-refractivity contribution is 6.30. The lowest BCUT2D eigenvalue weighted by Gasteiger charge is -2.01. The van der Waals surface area contributed by atoms with Gasteiger partial charge >= 0.3 is 0 Å². The summed E-state index contributed by atoms with van der Waals surface area (Å²) in [6, 6.07) is 9.49. The minimum absolute atomic E-state index is 0.720. The molecule has 0 radical (unpaired) electrons. The summed E-state index contributed by atoms with van der Waals surface area (Å²) in [5.74, 6) is 0. The van der Waals surface area contributed by atoms with Crippen LogP contribution in [0.15, 0.2) is 42.9 Å². The van der Waals surface area contributed by atoms with Crippen LogP contribution in [0.3, 0.4) is 0 Å². The lowest BCUT2D eigenvalue weighted by Crippen LogP contribution is -1.84. The molecule has 3 rings (SSSR count). The van der Waals surface area contributed by atoms with Crippen LogP contribution in [-0.4, -0.2) is 15.0 Å². The summed E-state index contributed by atoms with van der Waals surface area (Å²) in [5, 5.41) is 0.720. The summed E-state index contributed by atoms with van der Waals surface area (Å²) >= 11 is 5.85. The molecule has 0 fully saturated rings. The summed E-state index contributed by atoms with van der Waals surface area (Å²) in [4.78, 5) is 11.7. The van der Waals surface area contributed by atoms with Crippen LogP contribution in [0, 0.1) is 0 Å². The fourth-order valence-electron chi connectivity index (χ4n) is 1.69. The van der Waals surface area contributed by atoms with Crippen LogP contribution in [0.1, 0.15) is 0 Å². The predicted octanol–water partition coefficient (Wildman–Crippen LogP) is 3.28. The second kappa shape index (κ2) is 3.61. The Morgan fingerprint density at radius 2 is 1.81 bits per heavy atom. The average Bonchev–Trinajstić information content (AvgIpc) is 2.78. The second-order valence-corrected chi connectivity index (χ2v) is 3.90. The SMILES string of the molecule is Clc1ccc(-c2nccc3[nH]cnc23)cc1. The van der Waals surface area contributed by atoms with Crippen molar-refractivity contribution >= 4 is 22.6 Å². The topological polar surface area (TPSA) is 41.6 Å². The largest absolute Gasteiger partial charge is 0.344 e. The number of imidazole rings is 1. The van der Waals surface area contributed by atoms with Gasteiger partial charge in [-0.05, 0) is 18.2 Å². The van der Waals surface area contributed by atoms with Gasteiger partial charge in [0.2, 0.25) is 0 Å². The molecule has 3 aromatic rings. The number of benzene rings is 1. The lowest BCUT2D eigenvalue weighted by molar-refractivity contribution is 1.33. The van der Waals surface area contributed by atoms with E-state index in [1.807, 2.05) is 30.3 Å². The van der Waals surface area contributed by atoms with Crippen molar-refractivity contribution in [3.63, 3.8) is 0 Å². The molecule has 1 aromatic carbocycles. The third kappa shape index (κ3) is 1.46. The van der Waals surface area contributed by atoms with Gasteiger partial charge in [-0.25, -0.2) is 4.98 Å². The molecule has 0 atom stereocenters. The van der Waals surface area contributed by atoms with Crippen LogP contribution in [0.2, 0.25) is 5.02 Å². The number of H-pyrrole nitrogens is 1. The molecule has 3 nitrogen and oxygen atoms in total. The molecule has 0 unspecified atom stereocenters. The van der Waals surface area contributed by atoms with Crippen LogP contribution in [0.25, 0.3) is 22.3 Å². The molecule has 0 aliphatic heterocycles. The number of hydrogen-bond acceptors (Lipinski definition) is 2. The zero-order valence-electron chi connectivity index (χ0n) is 8.31. The molecule has 16 heavy (non-hydrogen) atoms. The van der Waals surface area contributed by atoms with E-state index in [4.69, 9.17) is 11.6 Å². The molecule has 0 spiro atoms. The van der Waals surface area contributed by atoms with Gasteiger partial charge in [0.15, 0.2) is 0 Å². The molecular formula is C12H8ClN3. The Morgan fingerprint density at radius 3 is 2.62 bits per heavy atom. The monoisotopic (exact) mass is 229 g/mol. The van der Waals surface area contributed by atoms with E-state index in [0.717, 1.165) is 27.3 Å². The first-order chi connectivity index (χ1) is 7.84.